The smallest absolute Gasteiger partial charge is 0.325 e. The van der Waals surface area contributed by atoms with E-state index in [2.05, 4.69) is 37.6 Å². The van der Waals surface area contributed by atoms with Gasteiger partial charge in [0.2, 0.25) is 0 Å². The van der Waals surface area contributed by atoms with Crippen LogP contribution in [0, 0.1) is 0 Å². The molecule has 28 heavy (non-hydrogen) atoms. The van der Waals surface area contributed by atoms with Gasteiger partial charge in [-0.15, -0.1) is 24.0 Å². The second kappa shape index (κ2) is 11.0. The van der Waals surface area contributed by atoms with Crippen molar-refractivity contribution in [1.29, 1.82) is 0 Å². The van der Waals surface area contributed by atoms with Crippen LogP contribution < -0.4 is 10.6 Å². The Kier molecular flexibility index (Phi) is 9.68. The van der Waals surface area contributed by atoms with E-state index in [4.69, 9.17) is 0 Å². The molecule has 0 saturated carbocycles. The maximum atomic E-state index is 12.4. The summed E-state index contributed by atoms with van der Waals surface area (Å²) in [5.41, 5.74) is 0.394. The maximum absolute atomic E-state index is 12.4. The Morgan fingerprint density at radius 1 is 1.36 bits per heavy atom. The third kappa shape index (κ3) is 5.82. The van der Waals surface area contributed by atoms with Gasteiger partial charge in [0.1, 0.15) is 5.54 Å². The van der Waals surface area contributed by atoms with Gasteiger partial charge in [0.05, 0.1) is 0 Å². The molecule has 9 heteroatoms. The summed E-state index contributed by atoms with van der Waals surface area (Å²) in [6.07, 6.45) is 1.24. The lowest BCUT2D eigenvalue weighted by atomic mass is 9.99. The maximum Gasteiger partial charge on any atom is 0.325 e. The minimum Gasteiger partial charge on any atom is -0.356 e. The Balaban J connectivity index is 0.00000392. The van der Waals surface area contributed by atoms with Crippen molar-refractivity contribution < 1.29 is 9.59 Å². The van der Waals surface area contributed by atoms with Crippen LogP contribution in [0.5, 0.6) is 0 Å². The van der Waals surface area contributed by atoms with Gasteiger partial charge in [-0.2, -0.15) is 0 Å². The summed E-state index contributed by atoms with van der Waals surface area (Å²) < 4.78 is 1.06. The first-order valence-electron chi connectivity index (χ1n) is 9.11. The Hall–Kier alpha value is -1.36. The molecule has 0 aromatic heterocycles. The Morgan fingerprint density at radius 2 is 2.04 bits per heavy atom. The molecule has 1 atom stereocenters. The van der Waals surface area contributed by atoms with Crippen molar-refractivity contribution in [2.24, 2.45) is 4.99 Å². The fourth-order valence-electron chi connectivity index (χ4n) is 2.97. The predicted molar refractivity (Wildman–Crippen MR) is 126 cm³/mol. The number of hydrogen-bond donors (Lipinski definition) is 2. The van der Waals surface area contributed by atoms with Gasteiger partial charge in [-0.25, -0.2) is 4.79 Å². The van der Waals surface area contributed by atoms with E-state index in [0.29, 0.717) is 32.5 Å². The molecule has 1 saturated heterocycles. The van der Waals surface area contributed by atoms with Crippen LogP contribution in [-0.4, -0.2) is 60.4 Å². The topological polar surface area (TPSA) is 77.0 Å². The molecule has 0 aliphatic carbocycles. The van der Waals surface area contributed by atoms with E-state index < -0.39 is 5.54 Å². The summed E-state index contributed by atoms with van der Waals surface area (Å²) in [4.78, 5) is 32.0. The molecule has 1 aliphatic heterocycles. The molecule has 2 rings (SSSR count). The minimum atomic E-state index is -0.774. The fraction of sp³-hybridized carbons (Fsp3) is 0.526. The molecule has 1 fully saturated rings. The predicted octanol–water partition coefficient (Wildman–Crippen LogP) is 3.18. The van der Waals surface area contributed by atoms with Crippen LogP contribution in [0.25, 0.3) is 0 Å². The quantitative estimate of drug-likeness (QED) is 0.175. The molecular formula is C19H29BrIN5O2. The molecule has 1 heterocycles. The van der Waals surface area contributed by atoms with Crippen molar-refractivity contribution in [1.82, 2.24) is 20.4 Å². The van der Waals surface area contributed by atoms with E-state index >= 15 is 0 Å². The number of urea groups is 1. The largest absolute Gasteiger partial charge is 0.356 e. The first kappa shape index (κ1) is 24.7. The van der Waals surface area contributed by atoms with Crippen molar-refractivity contribution in [2.75, 3.05) is 27.2 Å². The average molecular weight is 566 g/mol. The molecule has 1 aromatic rings. The molecule has 0 radical (unpaired) electrons. The highest BCUT2D eigenvalue weighted by Gasteiger charge is 2.45. The van der Waals surface area contributed by atoms with Gasteiger partial charge in [0.25, 0.3) is 5.91 Å². The van der Waals surface area contributed by atoms with Gasteiger partial charge in [0, 0.05) is 38.2 Å². The summed E-state index contributed by atoms with van der Waals surface area (Å²) in [6, 6.07) is 7.77. The molecule has 0 spiro atoms. The van der Waals surface area contributed by atoms with Crippen molar-refractivity contribution in [2.45, 2.75) is 38.8 Å². The molecule has 7 nitrogen and oxygen atoms in total. The Labute approximate surface area is 192 Å². The normalized spacial score (nSPS) is 19.3. The van der Waals surface area contributed by atoms with Crippen LogP contribution >= 0.6 is 39.9 Å². The third-order valence-corrected chi connectivity index (χ3v) is 5.61. The van der Waals surface area contributed by atoms with Crippen LogP contribution in [0.1, 0.15) is 32.3 Å². The molecular weight excluding hydrogens is 537 g/mol. The van der Waals surface area contributed by atoms with Crippen molar-refractivity contribution in [3.63, 3.8) is 0 Å². The monoisotopic (exact) mass is 565 g/mol. The highest BCUT2D eigenvalue weighted by atomic mass is 127. The van der Waals surface area contributed by atoms with E-state index in [0.717, 1.165) is 10.4 Å². The second-order valence-corrected chi connectivity index (χ2v) is 7.70. The molecule has 156 valence electrons. The summed E-state index contributed by atoms with van der Waals surface area (Å²) in [5, 5.41) is 6.06. The lowest BCUT2D eigenvalue weighted by Gasteiger charge is -2.23. The van der Waals surface area contributed by atoms with Crippen LogP contribution in [-0.2, 0) is 11.3 Å². The zero-order chi connectivity index (χ0) is 20.0. The third-order valence-electron chi connectivity index (χ3n) is 4.83. The van der Waals surface area contributed by atoms with Crippen molar-refractivity contribution in [3.05, 3.63) is 34.3 Å². The van der Waals surface area contributed by atoms with E-state index in [-0.39, 0.29) is 35.9 Å². The lowest BCUT2D eigenvalue weighted by molar-refractivity contribution is -0.130. The number of nitrogens with one attached hydrogen (secondary N) is 2. The van der Waals surface area contributed by atoms with Crippen LogP contribution in [0.15, 0.2) is 33.7 Å². The lowest BCUT2D eigenvalue weighted by Crippen LogP contribution is -2.43. The average Bonchev–Trinajstić information content (AvgIpc) is 2.86. The zero-order valence-electron chi connectivity index (χ0n) is 16.8. The summed E-state index contributed by atoms with van der Waals surface area (Å²) in [7, 11) is 3.71. The van der Waals surface area contributed by atoms with Gasteiger partial charge in [-0.3, -0.25) is 14.7 Å². The molecule has 1 aromatic carbocycles. The number of carbonyl (C=O) groups excluding carboxylic acids is 2. The Morgan fingerprint density at radius 3 is 2.61 bits per heavy atom. The summed E-state index contributed by atoms with van der Waals surface area (Å²) in [6.45, 7) is 5.38. The van der Waals surface area contributed by atoms with Crippen LogP contribution in [0.2, 0.25) is 0 Å². The van der Waals surface area contributed by atoms with E-state index in [1.165, 1.54) is 10.5 Å². The SMILES string of the molecule is CCC1(C)NC(=O)N(CCCNC(=NC)N(C)Cc2ccccc2Br)C1=O.I. The molecule has 2 N–H and O–H groups in total. The van der Waals surface area contributed by atoms with Crippen LogP contribution in [0.4, 0.5) is 4.79 Å². The second-order valence-electron chi connectivity index (χ2n) is 6.85. The van der Waals surface area contributed by atoms with Gasteiger partial charge in [-0.1, -0.05) is 41.1 Å². The first-order chi connectivity index (χ1) is 12.8. The number of rotatable bonds is 7. The van der Waals surface area contributed by atoms with Gasteiger partial charge >= 0.3 is 6.03 Å². The number of benzene rings is 1. The number of carbonyl (C=O) groups is 2. The minimum absolute atomic E-state index is 0. The number of aliphatic imine (C=N–C) groups is 1. The molecule has 1 aliphatic rings. The van der Waals surface area contributed by atoms with Crippen molar-refractivity contribution >= 4 is 57.8 Å². The Bertz CT molecular complexity index is 730. The highest BCUT2D eigenvalue weighted by molar-refractivity contribution is 14.0. The van der Waals surface area contributed by atoms with Gasteiger partial charge in [-0.05, 0) is 31.4 Å². The zero-order valence-corrected chi connectivity index (χ0v) is 20.7. The summed E-state index contributed by atoms with van der Waals surface area (Å²) in [5.74, 6) is 0.617. The van der Waals surface area contributed by atoms with Crippen molar-refractivity contribution in [3.8, 4) is 0 Å². The number of guanidine groups is 1. The standard InChI is InChI=1S/C19H28BrN5O2.HI/c1-5-19(2)16(26)25(18(27)23-19)12-8-11-22-17(21-3)24(4)13-14-9-6-7-10-15(14)20;/h6-7,9-10H,5,8,11-13H2,1-4H3,(H,21,22)(H,23,27);1H. The number of amides is 3. The fourth-order valence-corrected chi connectivity index (χ4v) is 3.38. The number of imide groups is 1. The number of halogens is 2. The molecule has 0 bridgehead atoms. The van der Waals surface area contributed by atoms with Gasteiger partial charge < -0.3 is 15.5 Å². The number of hydrogen-bond acceptors (Lipinski definition) is 3. The van der Waals surface area contributed by atoms with Gasteiger partial charge in [0.15, 0.2) is 5.96 Å². The van der Waals surface area contributed by atoms with Crippen LogP contribution in [0.3, 0.4) is 0 Å². The first-order valence-corrected chi connectivity index (χ1v) is 9.91. The van der Waals surface area contributed by atoms with E-state index in [1.807, 2.05) is 37.1 Å². The highest BCUT2D eigenvalue weighted by Crippen LogP contribution is 2.20. The summed E-state index contributed by atoms with van der Waals surface area (Å²) >= 11 is 3.56. The molecule has 1 unspecified atom stereocenters. The molecule has 3 amide bonds. The van der Waals surface area contributed by atoms with E-state index in [1.54, 1.807) is 14.0 Å². The number of nitrogens with zero attached hydrogens (tertiary/aromatic N) is 3. The van der Waals surface area contributed by atoms with E-state index in [9.17, 15) is 9.59 Å².